The smallest absolute Gasteiger partial charge is 0.416 e. The Morgan fingerprint density at radius 3 is 2.53 bits per heavy atom. The number of aryl methyl sites for hydroxylation is 1. The molecule has 4 nitrogen and oxygen atoms in total. The number of nitrogens with one attached hydrogen (secondary N) is 1. The van der Waals surface area contributed by atoms with Crippen molar-refractivity contribution >= 4 is 11.4 Å². The van der Waals surface area contributed by atoms with E-state index < -0.39 is 23.1 Å². The van der Waals surface area contributed by atoms with E-state index in [-0.39, 0.29) is 17.0 Å². The second-order valence-corrected chi connectivity index (χ2v) is 9.11. The van der Waals surface area contributed by atoms with Gasteiger partial charge in [0.15, 0.2) is 4.90 Å². The summed E-state index contributed by atoms with van der Waals surface area (Å²) in [7, 11) is 0. The molecule has 8 heteroatoms. The van der Waals surface area contributed by atoms with E-state index in [2.05, 4.69) is 9.62 Å². The fourth-order valence-corrected chi connectivity index (χ4v) is 4.68. The molecule has 1 aliphatic rings. The average Bonchev–Trinajstić information content (AvgIpc) is 3.09. The molecule has 0 aromatic heterocycles. The van der Waals surface area contributed by atoms with Crippen molar-refractivity contribution in [2.45, 2.75) is 57.0 Å². The van der Waals surface area contributed by atoms with Crippen LogP contribution in [0.4, 0.5) is 13.2 Å². The van der Waals surface area contributed by atoms with Crippen molar-refractivity contribution in [3.05, 3.63) is 59.2 Å². The van der Waals surface area contributed by atoms with E-state index in [1.807, 2.05) is 38.1 Å². The number of halogens is 3. The lowest BCUT2D eigenvalue weighted by atomic mass is 10.1. The van der Waals surface area contributed by atoms with Gasteiger partial charge in [-0.15, -0.1) is 4.72 Å². The predicted octanol–water partition coefficient (Wildman–Crippen LogP) is 4.69. The predicted molar refractivity (Wildman–Crippen MR) is 112 cm³/mol. The minimum atomic E-state index is -4.45. The van der Waals surface area contributed by atoms with Crippen LogP contribution < -0.4 is 9.46 Å². The van der Waals surface area contributed by atoms with Gasteiger partial charge in [0.2, 0.25) is 0 Å². The fraction of sp³-hybridized carbons (Fsp3) is 0.455. The standard InChI is InChI=1S/C22H27F3N2O2S/c1-15(2)29-20-8-5-17(6-9-20)13-27-11-10-19(14-27)26-30(28)21-12-18(22(23,24)25)7-4-16(21)3/h4-9,12,15,19,26H,10-11,13-14H2,1-3H3/t19-,30?/m1/s1. The Bertz CT molecular complexity index is 843. The van der Waals surface area contributed by atoms with Crippen molar-refractivity contribution in [2.24, 2.45) is 0 Å². The molecule has 0 saturated carbocycles. The van der Waals surface area contributed by atoms with Crippen LogP contribution >= 0.6 is 0 Å². The molecule has 1 heterocycles. The lowest BCUT2D eigenvalue weighted by Crippen LogP contribution is -2.37. The van der Waals surface area contributed by atoms with Crippen LogP contribution in [0.2, 0.25) is 0 Å². The van der Waals surface area contributed by atoms with Crippen LogP contribution in [0.25, 0.3) is 0 Å². The lowest BCUT2D eigenvalue weighted by Gasteiger charge is -2.19. The normalized spacial score (nSPS) is 18.7. The van der Waals surface area contributed by atoms with Gasteiger partial charge in [0, 0.05) is 31.3 Å². The van der Waals surface area contributed by atoms with Gasteiger partial charge in [-0.2, -0.15) is 13.2 Å². The zero-order valence-corrected chi connectivity index (χ0v) is 18.1. The van der Waals surface area contributed by atoms with Gasteiger partial charge in [-0.3, -0.25) is 4.90 Å². The van der Waals surface area contributed by atoms with Gasteiger partial charge in [0.1, 0.15) is 5.75 Å². The number of nitrogens with zero attached hydrogens (tertiary/aromatic N) is 1. The van der Waals surface area contributed by atoms with E-state index in [0.717, 1.165) is 43.0 Å². The SMILES string of the molecule is Cc1ccc(C(F)(F)F)cc1[S+]([O-])N[C@@H]1CCN(Cc2ccc(OC(C)C)cc2)C1. The quantitative estimate of drug-likeness (QED) is 0.635. The van der Waals surface area contributed by atoms with Crippen LogP contribution in [0.5, 0.6) is 5.75 Å². The molecular formula is C22H27F3N2O2S. The average molecular weight is 441 g/mol. The summed E-state index contributed by atoms with van der Waals surface area (Å²) in [6.07, 6.45) is -3.53. The van der Waals surface area contributed by atoms with E-state index in [1.54, 1.807) is 6.92 Å². The third kappa shape index (κ3) is 6.14. The second-order valence-electron chi connectivity index (χ2n) is 7.90. The second kappa shape index (κ2) is 9.60. The first-order valence-corrected chi connectivity index (χ1v) is 11.1. The Labute approximate surface area is 178 Å². The molecular weight excluding hydrogens is 413 g/mol. The van der Waals surface area contributed by atoms with Crippen LogP contribution in [-0.4, -0.2) is 34.7 Å². The first kappa shape index (κ1) is 22.9. The Hall–Kier alpha value is -1.74. The van der Waals surface area contributed by atoms with E-state index >= 15 is 0 Å². The van der Waals surface area contributed by atoms with Crippen molar-refractivity contribution in [2.75, 3.05) is 13.1 Å². The van der Waals surface area contributed by atoms with Crippen molar-refractivity contribution < 1.29 is 22.5 Å². The van der Waals surface area contributed by atoms with Crippen molar-refractivity contribution in [1.29, 1.82) is 0 Å². The van der Waals surface area contributed by atoms with Gasteiger partial charge in [-0.25, -0.2) is 0 Å². The molecule has 30 heavy (non-hydrogen) atoms. The first-order valence-electron chi connectivity index (χ1n) is 9.95. The highest BCUT2D eigenvalue weighted by Gasteiger charge is 2.33. The molecule has 1 aliphatic heterocycles. The van der Waals surface area contributed by atoms with E-state index in [1.165, 1.54) is 6.07 Å². The summed E-state index contributed by atoms with van der Waals surface area (Å²) in [5.74, 6) is 0.835. The minimum Gasteiger partial charge on any atom is -0.593 e. The molecule has 1 unspecified atom stereocenters. The summed E-state index contributed by atoms with van der Waals surface area (Å²) < 4.78 is 60.3. The Morgan fingerprint density at radius 2 is 1.90 bits per heavy atom. The van der Waals surface area contributed by atoms with Crippen LogP contribution in [0, 0.1) is 6.92 Å². The third-order valence-corrected chi connectivity index (χ3v) is 6.35. The highest BCUT2D eigenvalue weighted by Crippen LogP contribution is 2.32. The van der Waals surface area contributed by atoms with Gasteiger partial charge in [-0.1, -0.05) is 18.2 Å². The molecule has 0 aliphatic carbocycles. The molecule has 164 valence electrons. The van der Waals surface area contributed by atoms with Crippen LogP contribution in [0.3, 0.4) is 0 Å². The summed E-state index contributed by atoms with van der Waals surface area (Å²) in [5.41, 5.74) is 0.949. The number of hydrogen-bond donors (Lipinski definition) is 1. The van der Waals surface area contributed by atoms with Crippen molar-refractivity contribution in [3.63, 3.8) is 0 Å². The molecule has 1 N–H and O–H groups in total. The number of likely N-dealkylation sites (tertiary alicyclic amines) is 1. The Kier molecular flexibility index (Phi) is 7.34. The zero-order chi connectivity index (χ0) is 21.9. The third-order valence-electron chi connectivity index (χ3n) is 4.96. The van der Waals surface area contributed by atoms with Gasteiger partial charge in [-0.05, 0) is 51.0 Å². The van der Waals surface area contributed by atoms with E-state index in [9.17, 15) is 17.7 Å². The van der Waals surface area contributed by atoms with Crippen LogP contribution in [-0.2, 0) is 24.1 Å². The summed E-state index contributed by atoms with van der Waals surface area (Å²) >= 11 is -1.69. The highest BCUT2D eigenvalue weighted by molar-refractivity contribution is 7.89. The first-order chi connectivity index (χ1) is 14.1. The maximum absolute atomic E-state index is 13.0. The van der Waals surface area contributed by atoms with Gasteiger partial charge in [0.05, 0.1) is 29.1 Å². The summed E-state index contributed by atoms with van der Waals surface area (Å²) in [6, 6.07) is 11.3. The summed E-state index contributed by atoms with van der Waals surface area (Å²) in [4.78, 5) is 2.43. The Morgan fingerprint density at radius 1 is 1.20 bits per heavy atom. The maximum atomic E-state index is 13.0. The number of benzene rings is 2. The minimum absolute atomic E-state index is 0.0386. The Balaban J connectivity index is 1.56. The topological polar surface area (TPSA) is 47.6 Å². The lowest BCUT2D eigenvalue weighted by molar-refractivity contribution is -0.137. The van der Waals surface area contributed by atoms with Gasteiger partial charge >= 0.3 is 6.18 Å². The number of rotatable bonds is 7. The fourth-order valence-electron chi connectivity index (χ4n) is 3.47. The molecule has 2 aromatic carbocycles. The largest absolute Gasteiger partial charge is 0.593 e. The van der Waals surface area contributed by atoms with Gasteiger partial charge in [0.25, 0.3) is 0 Å². The number of hydrogen-bond acceptors (Lipinski definition) is 4. The summed E-state index contributed by atoms with van der Waals surface area (Å²) in [6.45, 7) is 7.92. The van der Waals surface area contributed by atoms with E-state index in [4.69, 9.17) is 4.74 Å². The molecule has 3 rings (SSSR count). The molecule has 1 saturated heterocycles. The molecule has 0 spiro atoms. The monoisotopic (exact) mass is 440 g/mol. The molecule has 0 amide bonds. The van der Waals surface area contributed by atoms with Crippen LogP contribution in [0.15, 0.2) is 47.4 Å². The number of ether oxygens (including phenoxy) is 1. The van der Waals surface area contributed by atoms with E-state index in [0.29, 0.717) is 12.1 Å². The zero-order valence-electron chi connectivity index (χ0n) is 17.3. The highest BCUT2D eigenvalue weighted by atomic mass is 32.2. The van der Waals surface area contributed by atoms with Crippen LogP contribution in [0.1, 0.15) is 37.0 Å². The molecule has 2 atom stereocenters. The molecule has 1 fully saturated rings. The maximum Gasteiger partial charge on any atom is 0.416 e. The van der Waals surface area contributed by atoms with Crippen molar-refractivity contribution in [1.82, 2.24) is 9.62 Å². The van der Waals surface area contributed by atoms with Gasteiger partial charge < -0.3 is 9.29 Å². The molecule has 0 bridgehead atoms. The van der Waals surface area contributed by atoms with Crippen molar-refractivity contribution in [3.8, 4) is 5.75 Å². The molecule has 2 aromatic rings. The number of alkyl halides is 3. The molecule has 0 radical (unpaired) electrons. The summed E-state index contributed by atoms with van der Waals surface area (Å²) in [5, 5.41) is 0.